The van der Waals surface area contributed by atoms with Crippen LogP contribution in [0.4, 0.5) is 0 Å². The third-order valence-electron chi connectivity index (χ3n) is 3.67. The van der Waals surface area contributed by atoms with E-state index < -0.39 is 12.0 Å². The first-order valence-electron chi connectivity index (χ1n) is 7.44. The zero-order valence-corrected chi connectivity index (χ0v) is 13.2. The molecule has 0 aromatic heterocycles. The van der Waals surface area contributed by atoms with E-state index in [-0.39, 0.29) is 11.3 Å². The van der Waals surface area contributed by atoms with E-state index in [1.54, 1.807) is 0 Å². The number of nitrogens with one attached hydrogen (secondary N) is 1. The Hall–Kier alpha value is -1.10. The van der Waals surface area contributed by atoms with E-state index in [2.05, 4.69) is 26.1 Å². The van der Waals surface area contributed by atoms with Crippen molar-refractivity contribution in [3.05, 3.63) is 0 Å². The Bertz CT molecular complexity index is 311. The Balaban J connectivity index is 4.34. The van der Waals surface area contributed by atoms with E-state index in [9.17, 15) is 9.59 Å². The van der Waals surface area contributed by atoms with E-state index in [0.717, 1.165) is 19.3 Å². The molecule has 20 heavy (non-hydrogen) atoms. The van der Waals surface area contributed by atoms with Gasteiger partial charge in [-0.15, -0.1) is 0 Å². The Labute approximate surface area is 122 Å². The molecule has 1 amide bonds. The number of carbonyl (C=O) groups is 2. The molecular weight excluding hydrogens is 256 g/mol. The van der Waals surface area contributed by atoms with Gasteiger partial charge < -0.3 is 16.2 Å². The van der Waals surface area contributed by atoms with Crippen LogP contribution >= 0.6 is 0 Å². The van der Waals surface area contributed by atoms with E-state index in [1.807, 2.05) is 6.92 Å². The van der Waals surface area contributed by atoms with Crippen molar-refractivity contribution in [1.82, 2.24) is 5.32 Å². The van der Waals surface area contributed by atoms with E-state index >= 15 is 0 Å². The van der Waals surface area contributed by atoms with Crippen LogP contribution in [0.1, 0.15) is 59.8 Å². The molecule has 0 rings (SSSR count). The summed E-state index contributed by atoms with van der Waals surface area (Å²) >= 11 is 0. The quantitative estimate of drug-likeness (QED) is 0.605. The Morgan fingerprint density at radius 3 is 2.20 bits per heavy atom. The summed E-state index contributed by atoms with van der Waals surface area (Å²) in [5.41, 5.74) is 5.72. The fraction of sp³-hybridized carbons (Fsp3) is 0.867. The lowest BCUT2D eigenvalue weighted by atomic mass is 9.76. The minimum Gasteiger partial charge on any atom is -0.480 e. The molecule has 0 spiro atoms. The monoisotopic (exact) mass is 286 g/mol. The van der Waals surface area contributed by atoms with Gasteiger partial charge in [0.15, 0.2) is 0 Å². The molecule has 0 aliphatic rings. The van der Waals surface area contributed by atoms with Crippen molar-refractivity contribution in [2.75, 3.05) is 6.54 Å². The number of hydrogen-bond donors (Lipinski definition) is 3. The van der Waals surface area contributed by atoms with Gasteiger partial charge in [-0.25, -0.2) is 4.79 Å². The normalized spacial score (nSPS) is 14.7. The highest BCUT2D eigenvalue weighted by Crippen LogP contribution is 2.32. The molecule has 118 valence electrons. The molecule has 0 heterocycles. The lowest BCUT2D eigenvalue weighted by Gasteiger charge is -2.30. The number of carboxylic acid groups (broad SMARTS) is 1. The third kappa shape index (κ3) is 7.48. The van der Waals surface area contributed by atoms with Gasteiger partial charge in [-0.1, -0.05) is 34.1 Å². The molecule has 0 aromatic rings. The smallest absolute Gasteiger partial charge is 0.326 e. The minimum atomic E-state index is -0.963. The van der Waals surface area contributed by atoms with Crippen LogP contribution in [0.3, 0.4) is 0 Å². The van der Waals surface area contributed by atoms with Gasteiger partial charge in [-0.2, -0.15) is 0 Å². The Morgan fingerprint density at radius 2 is 1.80 bits per heavy atom. The molecule has 0 aromatic carbocycles. The SMILES string of the molecule is CCC[C@H](NC(=O)CCC(CCN)C(C)(C)C)C(=O)O. The van der Waals surface area contributed by atoms with Crippen LogP contribution < -0.4 is 11.1 Å². The van der Waals surface area contributed by atoms with E-state index in [4.69, 9.17) is 10.8 Å². The molecule has 0 fully saturated rings. The van der Waals surface area contributed by atoms with Crippen molar-refractivity contribution in [2.24, 2.45) is 17.1 Å². The summed E-state index contributed by atoms with van der Waals surface area (Å²) in [5.74, 6) is -0.778. The van der Waals surface area contributed by atoms with E-state index in [0.29, 0.717) is 25.3 Å². The van der Waals surface area contributed by atoms with Crippen molar-refractivity contribution in [2.45, 2.75) is 65.8 Å². The first-order chi connectivity index (χ1) is 9.22. The fourth-order valence-electron chi connectivity index (χ4n) is 2.33. The van der Waals surface area contributed by atoms with Crippen molar-refractivity contribution in [1.29, 1.82) is 0 Å². The molecule has 0 saturated carbocycles. The standard InChI is InChI=1S/C15H30N2O3/c1-5-6-12(14(19)20)17-13(18)8-7-11(9-10-16)15(2,3)4/h11-12H,5-10,16H2,1-4H3,(H,17,18)(H,19,20)/t11?,12-/m0/s1. The average molecular weight is 286 g/mol. The molecule has 4 N–H and O–H groups in total. The molecular formula is C15H30N2O3. The zero-order valence-electron chi connectivity index (χ0n) is 13.2. The molecule has 0 aliphatic carbocycles. The second-order valence-electron chi connectivity index (χ2n) is 6.43. The largest absolute Gasteiger partial charge is 0.480 e. The highest BCUT2D eigenvalue weighted by atomic mass is 16.4. The summed E-state index contributed by atoms with van der Waals surface area (Å²) in [4.78, 5) is 22.9. The number of carboxylic acids is 1. The maximum Gasteiger partial charge on any atom is 0.326 e. The van der Waals surface area contributed by atoms with Crippen LogP contribution in [0.2, 0.25) is 0 Å². The van der Waals surface area contributed by atoms with Crippen molar-refractivity contribution in [3.63, 3.8) is 0 Å². The summed E-state index contributed by atoms with van der Waals surface area (Å²) in [7, 11) is 0. The molecule has 0 radical (unpaired) electrons. The predicted octanol–water partition coefficient (Wildman–Crippen LogP) is 2.15. The highest BCUT2D eigenvalue weighted by Gasteiger charge is 2.25. The lowest BCUT2D eigenvalue weighted by Crippen LogP contribution is -2.41. The van der Waals surface area contributed by atoms with Gasteiger partial charge in [0.2, 0.25) is 5.91 Å². The summed E-state index contributed by atoms with van der Waals surface area (Å²) in [6.07, 6.45) is 3.18. The maximum absolute atomic E-state index is 11.9. The molecule has 5 nitrogen and oxygen atoms in total. The Morgan fingerprint density at radius 1 is 1.20 bits per heavy atom. The Kier molecular flexibility index (Phi) is 8.46. The molecule has 2 atom stereocenters. The van der Waals surface area contributed by atoms with Crippen LogP contribution in [0.5, 0.6) is 0 Å². The van der Waals surface area contributed by atoms with Gasteiger partial charge >= 0.3 is 5.97 Å². The van der Waals surface area contributed by atoms with Crippen LogP contribution in [0.15, 0.2) is 0 Å². The maximum atomic E-state index is 11.9. The number of nitrogens with two attached hydrogens (primary N) is 1. The van der Waals surface area contributed by atoms with Crippen molar-refractivity contribution in [3.8, 4) is 0 Å². The fourth-order valence-corrected chi connectivity index (χ4v) is 2.33. The van der Waals surface area contributed by atoms with Crippen molar-refractivity contribution >= 4 is 11.9 Å². The van der Waals surface area contributed by atoms with Crippen LogP contribution in [-0.2, 0) is 9.59 Å². The second-order valence-corrected chi connectivity index (χ2v) is 6.43. The van der Waals surface area contributed by atoms with Crippen LogP contribution in [-0.4, -0.2) is 29.6 Å². The number of carbonyl (C=O) groups excluding carboxylic acids is 1. The summed E-state index contributed by atoms with van der Waals surface area (Å²) < 4.78 is 0. The first-order valence-corrected chi connectivity index (χ1v) is 7.44. The summed E-state index contributed by atoms with van der Waals surface area (Å²) in [6.45, 7) is 8.93. The van der Waals surface area contributed by atoms with E-state index in [1.165, 1.54) is 0 Å². The van der Waals surface area contributed by atoms with Gasteiger partial charge in [0.1, 0.15) is 6.04 Å². The molecule has 5 heteroatoms. The van der Waals surface area contributed by atoms with Gasteiger partial charge in [-0.05, 0) is 37.1 Å². The minimum absolute atomic E-state index is 0.106. The highest BCUT2D eigenvalue weighted by molar-refractivity contribution is 5.83. The van der Waals surface area contributed by atoms with Gasteiger partial charge in [0.25, 0.3) is 0 Å². The average Bonchev–Trinajstić information content (AvgIpc) is 2.32. The number of hydrogen-bond acceptors (Lipinski definition) is 3. The summed E-state index contributed by atoms with van der Waals surface area (Å²) in [5, 5.41) is 11.6. The number of rotatable bonds is 9. The van der Waals surface area contributed by atoms with Gasteiger partial charge in [0.05, 0.1) is 0 Å². The molecule has 0 aliphatic heterocycles. The second kappa shape index (κ2) is 8.95. The van der Waals surface area contributed by atoms with Gasteiger partial charge in [-0.3, -0.25) is 4.79 Å². The van der Waals surface area contributed by atoms with Crippen molar-refractivity contribution < 1.29 is 14.7 Å². The third-order valence-corrected chi connectivity index (χ3v) is 3.67. The number of amides is 1. The lowest BCUT2D eigenvalue weighted by molar-refractivity contribution is -0.142. The van der Waals surface area contributed by atoms with Crippen LogP contribution in [0, 0.1) is 11.3 Å². The van der Waals surface area contributed by atoms with Gasteiger partial charge in [0, 0.05) is 6.42 Å². The zero-order chi connectivity index (χ0) is 15.8. The predicted molar refractivity (Wildman–Crippen MR) is 80.3 cm³/mol. The first kappa shape index (κ1) is 18.9. The summed E-state index contributed by atoms with van der Waals surface area (Å²) in [6, 6.07) is -0.768. The molecule has 1 unspecified atom stereocenters. The van der Waals surface area contributed by atoms with Crippen LogP contribution in [0.25, 0.3) is 0 Å². The molecule has 0 saturated heterocycles. The topological polar surface area (TPSA) is 92.4 Å². The molecule has 0 bridgehead atoms. The number of aliphatic carboxylic acids is 1.